The van der Waals surface area contributed by atoms with E-state index in [9.17, 15) is 0 Å². The molecule has 108 valence electrons. The van der Waals surface area contributed by atoms with Crippen LogP contribution in [0.15, 0.2) is 48.5 Å². The van der Waals surface area contributed by atoms with Gasteiger partial charge in [0, 0.05) is 22.5 Å². The number of nitrogens with zero attached hydrogens (tertiary/aromatic N) is 2. The molecule has 4 aromatic rings. The third-order valence-corrected chi connectivity index (χ3v) is 5.42. The fraction of sp³-hybridized carbons (Fsp3) is 0. The lowest BCUT2D eigenvalue weighted by molar-refractivity contribution is 1.48. The van der Waals surface area contributed by atoms with E-state index in [4.69, 9.17) is 11.5 Å². The van der Waals surface area contributed by atoms with Gasteiger partial charge in [-0.25, -0.2) is 9.97 Å². The van der Waals surface area contributed by atoms with E-state index in [-0.39, 0.29) is 0 Å². The van der Waals surface area contributed by atoms with Crippen LogP contribution in [0.3, 0.4) is 0 Å². The van der Waals surface area contributed by atoms with Crippen molar-refractivity contribution >= 4 is 43.7 Å². The fourth-order valence-corrected chi connectivity index (χ4v) is 4.19. The first-order chi connectivity index (χ1) is 10.7. The number of anilines is 2. The van der Waals surface area contributed by atoms with Crippen LogP contribution in [0.5, 0.6) is 0 Å². The number of aromatic nitrogens is 2. The number of benzene rings is 2. The van der Waals surface area contributed by atoms with Crippen LogP contribution in [0.1, 0.15) is 0 Å². The molecule has 0 radical (unpaired) electrons. The van der Waals surface area contributed by atoms with Gasteiger partial charge in [0.2, 0.25) is 0 Å². The molecule has 0 bridgehead atoms. The van der Waals surface area contributed by atoms with Crippen molar-refractivity contribution in [1.29, 1.82) is 0 Å². The predicted octanol–water partition coefficient (Wildman–Crippen LogP) is 4.25. The van der Waals surface area contributed by atoms with Crippen LogP contribution in [0.2, 0.25) is 0 Å². The maximum atomic E-state index is 5.72. The highest BCUT2D eigenvalue weighted by atomic mass is 32.1. The summed E-state index contributed by atoms with van der Waals surface area (Å²) in [6, 6.07) is 15.5. The minimum Gasteiger partial charge on any atom is -0.399 e. The van der Waals surface area contributed by atoms with Gasteiger partial charge in [0.05, 0.1) is 0 Å². The van der Waals surface area contributed by atoms with Crippen LogP contribution >= 0.6 is 22.7 Å². The summed E-state index contributed by atoms with van der Waals surface area (Å²) in [5, 5.41) is 1.94. The minimum atomic E-state index is 0.755. The topological polar surface area (TPSA) is 77.8 Å². The molecular weight excluding hydrogens is 312 g/mol. The Bertz CT molecular complexity index is 830. The molecule has 0 amide bonds. The first-order valence-corrected chi connectivity index (χ1v) is 8.31. The number of thiazole rings is 2. The Morgan fingerprint density at radius 2 is 0.955 bits per heavy atom. The van der Waals surface area contributed by atoms with E-state index in [0.717, 1.165) is 42.2 Å². The molecule has 0 atom stereocenters. The predicted molar refractivity (Wildman–Crippen MR) is 95.0 cm³/mol. The first-order valence-electron chi connectivity index (χ1n) is 6.68. The van der Waals surface area contributed by atoms with Crippen molar-refractivity contribution in [2.75, 3.05) is 11.5 Å². The number of rotatable bonds is 2. The van der Waals surface area contributed by atoms with Crippen LogP contribution in [-0.2, 0) is 0 Å². The standard InChI is InChI=1S/C16H12N4S2/c17-11-5-1-9(2-6-11)13-19-15-16(21-13)20-14(22-15)10-3-7-12(18)8-4-10/h1-8H,17-18H2. The van der Waals surface area contributed by atoms with Crippen LogP contribution in [0.4, 0.5) is 11.4 Å². The summed E-state index contributed by atoms with van der Waals surface area (Å²) < 4.78 is 0. The van der Waals surface area contributed by atoms with Crippen LogP contribution in [0.25, 0.3) is 30.8 Å². The number of nitrogen functional groups attached to an aromatic ring is 2. The molecule has 0 aliphatic rings. The molecule has 2 heterocycles. The third kappa shape index (κ3) is 2.32. The maximum absolute atomic E-state index is 5.72. The zero-order valence-electron chi connectivity index (χ0n) is 11.5. The number of hydrogen-bond acceptors (Lipinski definition) is 6. The van der Waals surface area contributed by atoms with Crippen LogP contribution in [-0.4, -0.2) is 9.97 Å². The molecule has 0 unspecified atom stereocenters. The van der Waals surface area contributed by atoms with Crippen molar-refractivity contribution < 1.29 is 0 Å². The van der Waals surface area contributed by atoms with E-state index in [1.807, 2.05) is 48.5 Å². The van der Waals surface area contributed by atoms with Crippen molar-refractivity contribution in [1.82, 2.24) is 9.97 Å². The molecule has 22 heavy (non-hydrogen) atoms. The maximum Gasteiger partial charge on any atom is 0.155 e. The van der Waals surface area contributed by atoms with Gasteiger partial charge in [-0.1, -0.05) is 22.7 Å². The van der Waals surface area contributed by atoms with Crippen LogP contribution < -0.4 is 11.5 Å². The monoisotopic (exact) mass is 324 g/mol. The summed E-state index contributed by atoms with van der Waals surface area (Å²) in [6.07, 6.45) is 0. The van der Waals surface area contributed by atoms with E-state index in [0.29, 0.717) is 0 Å². The number of hydrogen-bond donors (Lipinski definition) is 2. The average molecular weight is 324 g/mol. The number of fused-ring (bicyclic) bond motifs is 1. The molecule has 0 saturated heterocycles. The minimum absolute atomic E-state index is 0.755. The fourth-order valence-electron chi connectivity index (χ4n) is 2.14. The molecule has 2 aromatic carbocycles. The molecule has 0 fully saturated rings. The second-order valence-corrected chi connectivity index (χ2v) is 6.85. The largest absolute Gasteiger partial charge is 0.399 e. The Kier molecular flexibility index (Phi) is 3.06. The summed E-state index contributed by atoms with van der Waals surface area (Å²) in [6.45, 7) is 0. The van der Waals surface area contributed by atoms with E-state index in [1.54, 1.807) is 22.7 Å². The third-order valence-electron chi connectivity index (χ3n) is 3.29. The highest BCUT2D eigenvalue weighted by Crippen LogP contribution is 2.36. The van der Waals surface area contributed by atoms with E-state index < -0.39 is 0 Å². The molecule has 6 heteroatoms. The van der Waals surface area contributed by atoms with Gasteiger partial charge in [-0.05, 0) is 48.5 Å². The lowest BCUT2D eigenvalue weighted by Gasteiger charge is -1.97. The van der Waals surface area contributed by atoms with Gasteiger partial charge < -0.3 is 11.5 Å². The van der Waals surface area contributed by atoms with Crippen molar-refractivity contribution in [2.45, 2.75) is 0 Å². The second kappa shape index (κ2) is 5.08. The van der Waals surface area contributed by atoms with Crippen molar-refractivity contribution in [3.8, 4) is 21.1 Å². The molecule has 2 aromatic heterocycles. The smallest absolute Gasteiger partial charge is 0.155 e. The molecule has 4 N–H and O–H groups in total. The molecule has 0 aliphatic heterocycles. The lowest BCUT2D eigenvalue weighted by atomic mass is 10.2. The zero-order chi connectivity index (χ0) is 15.1. The summed E-state index contributed by atoms with van der Waals surface area (Å²) in [5.74, 6) is 0. The van der Waals surface area contributed by atoms with E-state index in [2.05, 4.69) is 9.97 Å². The Morgan fingerprint density at radius 3 is 1.32 bits per heavy atom. The van der Waals surface area contributed by atoms with Crippen molar-refractivity contribution in [2.24, 2.45) is 0 Å². The van der Waals surface area contributed by atoms with E-state index >= 15 is 0 Å². The highest BCUT2D eigenvalue weighted by Gasteiger charge is 2.12. The summed E-state index contributed by atoms with van der Waals surface area (Å²) in [7, 11) is 0. The zero-order valence-corrected chi connectivity index (χ0v) is 13.1. The summed E-state index contributed by atoms with van der Waals surface area (Å²) >= 11 is 3.20. The second-order valence-electron chi connectivity index (χ2n) is 4.89. The van der Waals surface area contributed by atoms with Gasteiger partial charge in [0.1, 0.15) is 10.0 Å². The van der Waals surface area contributed by atoms with Gasteiger partial charge in [-0.3, -0.25) is 0 Å². The summed E-state index contributed by atoms with van der Waals surface area (Å²) in [5.41, 5.74) is 15.1. The quantitative estimate of drug-likeness (QED) is 0.540. The Labute approximate surface area is 135 Å². The average Bonchev–Trinajstić information content (AvgIpc) is 3.07. The molecular formula is C16H12N4S2. The van der Waals surface area contributed by atoms with Gasteiger partial charge in [-0.2, -0.15) is 0 Å². The van der Waals surface area contributed by atoms with Gasteiger partial charge in [0.15, 0.2) is 9.66 Å². The SMILES string of the molecule is Nc1ccc(-c2nc3sc(-c4ccc(N)cc4)nc3s2)cc1. The van der Waals surface area contributed by atoms with Crippen molar-refractivity contribution in [3.63, 3.8) is 0 Å². The Morgan fingerprint density at radius 1 is 0.591 bits per heavy atom. The molecule has 0 spiro atoms. The van der Waals surface area contributed by atoms with E-state index in [1.165, 1.54) is 0 Å². The number of nitrogens with two attached hydrogens (primary N) is 2. The lowest BCUT2D eigenvalue weighted by Crippen LogP contribution is -1.83. The molecule has 4 nitrogen and oxygen atoms in total. The highest BCUT2D eigenvalue weighted by molar-refractivity contribution is 7.29. The van der Waals surface area contributed by atoms with Gasteiger partial charge in [0.25, 0.3) is 0 Å². The molecule has 0 saturated carbocycles. The first kappa shape index (κ1) is 13.2. The summed E-state index contributed by atoms with van der Waals surface area (Å²) in [4.78, 5) is 11.3. The Hall–Kier alpha value is -2.44. The molecule has 4 rings (SSSR count). The van der Waals surface area contributed by atoms with Gasteiger partial charge >= 0.3 is 0 Å². The Balaban J connectivity index is 1.73. The van der Waals surface area contributed by atoms with Crippen molar-refractivity contribution in [3.05, 3.63) is 48.5 Å². The van der Waals surface area contributed by atoms with Gasteiger partial charge in [-0.15, -0.1) is 0 Å². The van der Waals surface area contributed by atoms with Crippen LogP contribution in [0, 0.1) is 0 Å². The molecule has 0 aliphatic carbocycles. The normalized spacial score (nSPS) is 11.1.